The zero-order valence-corrected chi connectivity index (χ0v) is 15.1. The van der Waals surface area contributed by atoms with E-state index in [9.17, 15) is 10.0 Å². The van der Waals surface area contributed by atoms with Gasteiger partial charge in [-0.15, -0.1) is 0 Å². The van der Waals surface area contributed by atoms with Gasteiger partial charge in [-0.25, -0.2) is 0 Å². The largest absolute Gasteiger partial charge is 0.488 e. The smallest absolute Gasteiger partial charge is 0.423 e. The SMILES string of the molecule is CC1CC2=CCC(C2)C1c1ccc(-c2cc(Cl)cc(B(O)O)c2)cc1. The van der Waals surface area contributed by atoms with Crippen LogP contribution in [-0.2, 0) is 0 Å². The van der Waals surface area contributed by atoms with Gasteiger partial charge in [-0.05, 0) is 71.3 Å². The molecule has 3 unspecified atom stereocenters. The van der Waals surface area contributed by atoms with Crippen molar-refractivity contribution in [3.63, 3.8) is 0 Å². The summed E-state index contributed by atoms with van der Waals surface area (Å²) in [5, 5.41) is 19.3. The molecule has 4 rings (SSSR count). The van der Waals surface area contributed by atoms with Crippen LogP contribution in [-0.4, -0.2) is 17.2 Å². The highest BCUT2D eigenvalue weighted by Gasteiger charge is 2.36. The summed E-state index contributed by atoms with van der Waals surface area (Å²) < 4.78 is 0. The van der Waals surface area contributed by atoms with Gasteiger partial charge in [0, 0.05) is 5.02 Å². The number of rotatable bonds is 3. The van der Waals surface area contributed by atoms with E-state index in [-0.39, 0.29) is 0 Å². The molecule has 2 aromatic rings. The van der Waals surface area contributed by atoms with Gasteiger partial charge in [0.05, 0.1) is 0 Å². The molecule has 1 fully saturated rings. The lowest BCUT2D eigenvalue weighted by Crippen LogP contribution is -2.29. The lowest BCUT2D eigenvalue weighted by Gasteiger charge is -2.34. The summed E-state index contributed by atoms with van der Waals surface area (Å²) in [7, 11) is -1.51. The Bertz CT molecular complexity index is 813. The third-order valence-corrected chi connectivity index (χ3v) is 6.00. The van der Waals surface area contributed by atoms with E-state index in [4.69, 9.17) is 11.6 Å². The third-order valence-electron chi connectivity index (χ3n) is 5.79. The van der Waals surface area contributed by atoms with Crippen LogP contribution in [0.15, 0.2) is 54.1 Å². The average molecular weight is 353 g/mol. The molecule has 2 bridgehead atoms. The molecule has 0 radical (unpaired) electrons. The van der Waals surface area contributed by atoms with Crippen LogP contribution in [0.4, 0.5) is 0 Å². The first-order valence-corrected chi connectivity index (χ1v) is 9.34. The van der Waals surface area contributed by atoms with E-state index in [0.29, 0.717) is 22.3 Å². The highest BCUT2D eigenvalue weighted by atomic mass is 35.5. The van der Waals surface area contributed by atoms with Crippen molar-refractivity contribution in [3.05, 3.63) is 64.7 Å². The topological polar surface area (TPSA) is 40.5 Å². The summed E-state index contributed by atoms with van der Waals surface area (Å²) in [5.41, 5.74) is 5.43. The van der Waals surface area contributed by atoms with Crippen molar-refractivity contribution in [1.29, 1.82) is 0 Å². The van der Waals surface area contributed by atoms with Crippen molar-refractivity contribution >= 4 is 24.2 Å². The highest BCUT2D eigenvalue weighted by Crippen LogP contribution is 2.49. The maximum atomic E-state index is 9.42. The maximum Gasteiger partial charge on any atom is 0.488 e. The molecule has 2 nitrogen and oxygen atoms in total. The minimum Gasteiger partial charge on any atom is -0.423 e. The molecule has 2 aliphatic carbocycles. The first-order chi connectivity index (χ1) is 12.0. The Hall–Kier alpha value is -1.55. The Morgan fingerprint density at radius 2 is 1.76 bits per heavy atom. The second kappa shape index (κ2) is 6.64. The number of fused-ring (bicyclic) bond motifs is 2. The second-order valence-corrected chi connectivity index (χ2v) is 7.97. The molecule has 0 saturated heterocycles. The molecule has 128 valence electrons. The van der Waals surface area contributed by atoms with Gasteiger partial charge < -0.3 is 10.0 Å². The molecule has 2 N–H and O–H groups in total. The van der Waals surface area contributed by atoms with Crippen molar-refractivity contribution in [2.45, 2.75) is 32.1 Å². The maximum absolute atomic E-state index is 9.42. The highest BCUT2D eigenvalue weighted by molar-refractivity contribution is 6.59. The van der Waals surface area contributed by atoms with Gasteiger partial charge >= 0.3 is 7.12 Å². The number of halogens is 1. The quantitative estimate of drug-likeness (QED) is 0.643. The van der Waals surface area contributed by atoms with E-state index in [1.807, 2.05) is 6.07 Å². The predicted octanol–water partition coefficient (Wildman–Crippen LogP) is 4.15. The summed E-state index contributed by atoms with van der Waals surface area (Å²) in [6.07, 6.45) is 6.17. The molecule has 3 atom stereocenters. The molecule has 0 heterocycles. The van der Waals surface area contributed by atoms with Gasteiger partial charge in [0.25, 0.3) is 0 Å². The summed E-state index contributed by atoms with van der Waals surface area (Å²) in [6.45, 7) is 2.37. The predicted molar refractivity (Wildman–Crippen MR) is 104 cm³/mol. The minimum absolute atomic E-state index is 0.414. The lowest BCUT2D eigenvalue weighted by molar-refractivity contribution is 0.300. The van der Waals surface area contributed by atoms with Crippen molar-refractivity contribution in [2.75, 3.05) is 0 Å². The van der Waals surface area contributed by atoms with Crippen molar-refractivity contribution in [1.82, 2.24) is 0 Å². The minimum atomic E-state index is -1.51. The summed E-state index contributed by atoms with van der Waals surface area (Å²) in [6, 6.07) is 13.9. The van der Waals surface area contributed by atoms with Gasteiger partial charge in [0.1, 0.15) is 0 Å². The molecule has 2 aliphatic rings. The van der Waals surface area contributed by atoms with Gasteiger partial charge in [-0.1, -0.05) is 60.5 Å². The van der Waals surface area contributed by atoms with Gasteiger partial charge in [0.15, 0.2) is 0 Å². The first kappa shape index (κ1) is 16.9. The van der Waals surface area contributed by atoms with E-state index in [0.717, 1.165) is 17.0 Å². The molecule has 0 amide bonds. The Kier molecular flexibility index (Phi) is 4.49. The number of allylic oxidation sites excluding steroid dienone is 2. The number of benzene rings is 2. The fraction of sp³-hybridized carbons (Fsp3) is 0.333. The molecule has 0 spiro atoms. The molecule has 0 aromatic heterocycles. The number of hydrogen-bond donors (Lipinski definition) is 2. The summed E-state index contributed by atoms with van der Waals surface area (Å²) in [5.74, 6) is 2.08. The van der Waals surface area contributed by atoms with E-state index in [2.05, 4.69) is 37.3 Å². The monoisotopic (exact) mass is 352 g/mol. The van der Waals surface area contributed by atoms with Crippen LogP contribution in [0.2, 0.25) is 5.02 Å². The van der Waals surface area contributed by atoms with Crippen molar-refractivity contribution < 1.29 is 10.0 Å². The normalized spacial score (nSPS) is 25.0. The molecule has 4 heteroatoms. The van der Waals surface area contributed by atoms with Crippen LogP contribution in [0.3, 0.4) is 0 Å². The van der Waals surface area contributed by atoms with E-state index >= 15 is 0 Å². The zero-order valence-electron chi connectivity index (χ0n) is 14.3. The number of hydrogen-bond acceptors (Lipinski definition) is 2. The Morgan fingerprint density at radius 3 is 2.48 bits per heavy atom. The molecular weight excluding hydrogens is 330 g/mol. The van der Waals surface area contributed by atoms with E-state index in [1.54, 1.807) is 17.7 Å². The first-order valence-electron chi connectivity index (χ1n) is 8.96. The van der Waals surface area contributed by atoms with E-state index in [1.165, 1.54) is 24.8 Å². The molecule has 0 aliphatic heterocycles. The van der Waals surface area contributed by atoms with Crippen molar-refractivity contribution in [3.8, 4) is 11.1 Å². The third kappa shape index (κ3) is 3.29. The van der Waals surface area contributed by atoms with Crippen LogP contribution < -0.4 is 5.46 Å². The average Bonchev–Trinajstić information content (AvgIpc) is 2.96. The van der Waals surface area contributed by atoms with Gasteiger partial charge in [-0.2, -0.15) is 0 Å². The molecule has 2 aromatic carbocycles. The fourth-order valence-electron chi connectivity index (χ4n) is 4.69. The van der Waals surface area contributed by atoms with Crippen LogP contribution >= 0.6 is 11.6 Å². The van der Waals surface area contributed by atoms with Crippen LogP contribution in [0.1, 0.15) is 37.7 Å². The Labute approximate surface area is 154 Å². The van der Waals surface area contributed by atoms with Gasteiger partial charge in [-0.3, -0.25) is 0 Å². The summed E-state index contributed by atoms with van der Waals surface area (Å²) in [4.78, 5) is 0. The van der Waals surface area contributed by atoms with Crippen molar-refractivity contribution in [2.24, 2.45) is 11.8 Å². The zero-order chi connectivity index (χ0) is 17.6. The molecule has 1 saturated carbocycles. The molecule has 25 heavy (non-hydrogen) atoms. The Morgan fingerprint density at radius 1 is 1.00 bits per heavy atom. The second-order valence-electron chi connectivity index (χ2n) is 7.54. The fourth-order valence-corrected chi connectivity index (χ4v) is 4.94. The Balaban J connectivity index is 1.62. The molecular formula is C21H22BClO2. The van der Waals surface area contributed by atoms with E-state index < -0.39 is 7.12 Å². The van der Waals surface area contributed by atoms with Gasteiger partial charge in [0.2, 0.25) is 0 Å². The van der Waals surface area contributed by atoms with Crippen LogP contribution in [0, 0.1) is 11.8 Å². The van der Waals surface area contributed by atoms with Crippen LogP contribution in [0.5, 0.6) is 0 Å². The lowest BCUT2D eigenvalue weighted by atomic mass is 9.70. The van der Waals surface area contributed by atoms with Crippen LogP contribution in [0.25, 0.3) is 11.1 Å². The summed E-state index contributed by atoms with van der Waals surface area (Å²) >= 11 is 6.13. The standard InChI is InChI=1S/C21H22BClO2/c1-13-8-14-2-3-17(9-14)21(13)16-6-4-15(5-7-16)18-10-19(22(24)25)12-20(23)11-18/h2,4-7,10-13,17,21,24-25H,3,8-9H2,1H3.